The van der Waals surface area contributed by atoms with Gasteiger partial charge in [-0.05, 0) is 12.6 Å². The summed E-state index contributed by atoms with van der Waals surface area (Å²) in [5.74, 6) is 0.671. The van der Waals surface area contributed by atoms with Crippen LogP contribution in [0.2, 0.25) is 0 Å². The Morgan fingerprint density at radius 1 is 1.88 bits per heavy atom. The summed E-state index contributed by atoms with van der Waals surface area (Å²) in [5.41, 5.74) is 1.52. The highest BCUT2D eigenvalue weighted by molar-refractivity contribution is 14.1. The first-order valence-corrected chi connectivity index (χ1v) is 4.16. The largest absolute Gasteiger partial charge is 0.313 e. The Labute approximate surface area is 62.8 Å². The summed E-state index contributed by atoms with van der Waals surface area (Å²) in [6.07, 6.45) is 4.65. The van der Waals surface area contributed by atoms with E-state index in [1.807, 2.05) is 0 Å². The molecule has 2 heteroatoms. The average molecular weight is 221 g/mol. The monoisotopic (exact) mass is 221 g/mol. The molecule has 0 aliphatic heterocycles. The highest BCUT2D eigenvalue weighted by Gasteiger charge is 2.20. The van der Waals surface area contributed by atoms with Gasteiger partial charge in [0.15, 0.2) is 0 Å². The molecule has 1 aliphatic rings. The molecule has 0 fully saturated rings. The van der Waals surface area contributed by atoms with Gasteiger partial charge >= 0.3 is 0 Å². The Kier molecular flexibility index (Phi) is 2.05. The van der Waals surface area contributed by atoms with Gasteiger partial charge < -0.3 is 5.41 Å². The van der Waals surface area contributed by atoms with Crippen molar-refractivity contribution in [3.8, 4) is 0 Å². The lowest BCUT2D eigenvalue weighted by atomic mass is 10.2. The lowest BCUT2D eigenvalue weighted by Gasteiger charge is -1.86. The maximum absolute atomic E-state index is 6.78. The fourth-order valence-electron chi connectivity index (χ4n) is 0.700. The van der Waals surface area contributed by atoms with E-state index >= 15 is 0 Å². The van der Waals surface area contributed by atoms with Crippen LogP contribution in [0.25, 0.3) is 0 Å². The van der Waals surface area contributed by atoms with Crippen LogP contribution in [0.5, 0.6) is 0 Å². The minimum absolute atomic E-state index is 0.671. The molecular weight excluding hydrogens is 213 g/mol. The Morgan fingerprint density at radius 3 is 3.00 bits per heavy atom. The average Bonchev–Trinajstić information content (AvgIpc) is 2.48. The molecule has 0 saturated carbocycles. The van der Waals surface area contributed by atoms with Crippen LogP contribution in [-0.2, 0) is 0 Å². The second-order valence-corrected chi connectivity index (χ2v) is 2.68. The summed E-state index contributed by atoms with van der Waals surface area (Å²) in [6, 6.07) is 0. The van der Waals surface area contributed by atoms with E-state index in [9.17, 15) is 0 Å². The summed E-state index contributed by atoms with van der Waals surface area (Å²) in [6.45, 7) is 0. The number of allylic oxidation sites excluding steroid dienone is 2. The van der Waals surface area contributed by atoms with Crippen molar-refractivity contribution in [2.75, 3.05) is 4.43 Å². The van der Waals surface area contributed by atoms with Gasteiger partial charge in [-0.25, -0.2) is 0 Å². The first-order chi connectivity index (χ1) is 3.88. The Balaban J connectivity index is 2.13. The summed E-state index contributed by atoms with van der Waals surface area (Å²) in [4.78, 5) is 0. The number of rotatable bonds is 3. The van der Waals surface area contributed by atoms with Gasteiger partial charge in [0.2, 0.25) is 0 Å². The molecular formula is C6H8IN. The van der Waals surface area contributed by atoms with Gasteiger partial charge in [-0.1, -0.05) is 34.2 Å². The number of alkyl halides is 1. The molecule has 0 heterocycles. The molecule has 1 nitrogen and oxygen atoms in total. The van der Waals surface area contributed by atoms with E-state index in [1.54, 1.807) is 0 Å². The molecule has 0 spiro atoms. The molecule has 0 radical (unpaired) electrons. The van der Waals surface area contributed by atoms with Crippen molar-refractivity contribution in [2.24, 2.45) is 5.92 Å². The summed E-state index contributed by atoms with van der Waals surface area (Å²) >= 11 is 2.35. The van der Waals surface area contributed by atoms with Crippen LogP contribution in [0, 0.1) is 11.3 Å². The lowest BCUT2D eigenvalue weighted by molar-refractivity contribution is 0.954. The van der Waals surface area contributed by atoms with Crippen LogP contribution >= 0.6 is 22.6 Å². The molecule has 1 rings (SSSR count). The van der Waals surface area contributed by atoms with E-state index in [2.05, 4.69) is 28.7 Å². The number of nitrogens with one attached hydrogen (secondary N) is 1. The van der Waals surface area contributed by atoms with Gasteiger partial charge in [0, 0.05) is 10.3 Å². The quantitative estimate of drug-likeness (QED) is 0.326. The van der Waals surface area contributed by atoms with Crippen molar-refractivity contribution in [3.05, 3.63) is 11.6 Å². The van der Waals surface area contributed by atoms with Crippen LogP contribution in [0.15, 0.2) is 11.6 Å². The SMILES string of the molecule is N=CCC1C=C1CI. The van der Waals surface area contributed by atoms with Crippen molar-refractivity contribution in [1.82, 2.24) is 0 Å². The third-order valence-electron chi connectivity index (χ3n) is 1.31. The first kappa shape index (κ1) is 6.26. The molecule has 8 heavy (non-hydrogen) atoms. The van der Waals surface area contributed by atoms with E-state index in [1.165, 1.54) is 11.8 Å². The van der Waals surface area contributed by atoms with E-state index in [-0.39, 0.29) is 0 Å². The predicted octanol–water partition coefficient (Wildman–Crippen LogP) is 2.02. The van der Waals surface area contributed by atoms with Crippen molar-refractivity contribution < 1.29 is 0 Å². The van der Waals surface area contributed by atoms with Gasteiger partial charge in [0.25, 0.3) is 0 Å². The lowest BCUT2D eigenvalue weighted by Crippen LogP contribution is -1.81. The molecule has 44 valence electrons. The van der Waals surface area contributed by atoms with Gasteiger partial charge in [0.1, 0.15) is 0 Å². The number of halogens is 1. The number of hydrogen-bond acceptors (Lipinski definition) is 1. The fraction of sp³-hybridized carbons (Fsp3) is 0.500. The van der Waals surface area contributed by atoms with E-state index < -0.39 is 0 Å². The maximum atomic E-state index is 6.78. The number of hydrogen-bond donors (Lipinski definition) is 1. The first-order valence-electron chi connectivity index (χ1n) is 2.64. The highest BCUT2D eigenvalue weighted by Crippen LogP contribution is 2.32. The van der Waals surface area contributed by atoms with Crippen LogP contribution in [0.3, 0.4) is 0 Å². The minimum atomic E-state index is 0.671. The molecule has 0 aromatic carbocycles. The van der Waals surface area contributed by atoms with Crippen LogP contribution in [0.4, 0.5) is 0 Å². The third-order valence-corrected chi connectivity index (χ3v) is 2.19. The molecule has 0 saturated heterocycles. The molecule has 0 bridgehead atoms. The molecule has 0 aromatic heterocycles. The van der Waals surface area contributed by atoms with Crippen molar-refractivity contribution in [2.45, 2.75) is 6.42 Å². The second-order valence-electron chi connectivity index (χ2n) is 1.92. The van der Waals surface area contributed by atoms with Crippen LogP contribution in [-0.4, -0.2) is 10.6 Å². The fourth-order valence-corrected chi connectivity index (χ4v) is 1.52. The molecule has 0 amide bonds. The third kappa shape index (κ3) is 1.31. The topological polar surface area (TPSA) is 23.9 Å². The van der Waals surface area contributed by atoms with Crippen LogP contribution in [0.1, 0.15) is 6.42 Å². The molecule has 1 aliphatic carbocycles. The zero-order valence-corrected chi connectivity index (χ0v) is 6.68. The predicted molar refractivity (Wildman–Crippen MR) is 43.9 cm³/mol. The summed E-state index contributed by atoms with van der Waals surface area (Å²) in [5, 5.41) is 6.78. The van der Waals surface area contributed by atoms with Crippen molar-refractivity contribution >= 4 is 28.8 Å². The van der Waals surface area contributed by atoms with Gasteiger partial charge in [-0.15, -0.1) is 0 Å². The molecule has 1 unspecified atom stereocenters. The zero-order valence-electron chi connectivity index (χ0n) is 4.52. The molecule has 1 N–H and O–H groups in total. The van der Waals surface area contributed by atoms with Crippen LogP contribution < -0.4 is 0 Å². The van der Waals surface area contributed by atoms with Crippen molar-refractivity contribution in [1.29, 1.82) is 5.41 Å². The van der Waals surface area contributed by atoms with E-state index in [0.717, 1.165) is 10.8 Å². The van der Waals surface area contributed by atoms with Gasteiger partial charge in [0.05, 0.1) is 0 Å². The summed E-state index contributed by atoms with van der Waals surface area (Å²) in [7, 11) is 0. The van der Waals surface area contributed by atoms with Gasteiger partial charge in [-0.3, -0.25) is 0 Å². The second kappa shape index (κ2) is 2.62. The maximum Gasteiger partial charge on any atom is 0.0212 e. The highest BCUT2D eigenvalue weighted by atomic mass is 127. The zero-order chi connectivity index (χ0) is 5.98. The Morgan fingerprint density at radius 2 is 2.62 bits per heavy atom. The van der Waals surface area contributed by atoms with Crippen molar-refractivity contribution in [3.63, 3.8) is 0 Å². The van der Waals surface area contributed by atoms with Gasteiger partial charge in [-0.2, -0.15) is 0 Å². The Hall–Kier alpha value is 0.140. The minimum Gasteiger partial charge on any atom is -0.313 e. The van der Waals surface area contributed by atoms with E-state index in [0.29, 0.717) is 5.92 Å². The Bertz CT molecular complexity index is 128. The van der Waals surface area contributed by atoms with E-state index in [4.69, 9.17) is 5.41 Å². The standard InChI is InChI=1S/C6H8IN/c7-4-6-3-5(6)1-2-8/h2-3,5,8H,1,4H2. The molecule has 1 atom stereocenters. The normalized spacial score (nSPS) is 24.6. The smallest absolute Gasteiger partial charge is 0.0212 e. The summed E-state index contributed by atoms with van der Waals surface area (Å²) < 4.78 is 1.15. The molecule has 0 aromatic rings.